The van der Waals surface area contributed by atoms with Gasteiger partial charge in [0.1, 0.15) is 6.54 Å². The van der Waals surface area contributed by atoms with Gasteiger partial charge in [-0.05, 0) is 56.8 Å². The minimum absolute atomic E-state index is 0.0864. The maximum absolute atomic E-state index is 12.5. The van der Waals surface area contributed by atoms with Crippen molar-refractivity contribution in [3.63, 3.8) is 0 Å². The summed E-state index contributed by atoms with van der Waals surface area (Å²) >= 11 is 5.33. The molecule has 2 aromatic carbocycles. The van der Waals surface area contributed by atoms with Crippen LogP contribution in [0.25, 0.3) is 11.4 Å². The number of aryl methyl sites for hydroxylation is 2. The molecule has 7 heteroatoms. The van der Waals surface area contributed by atoms with Crippen LogP contribution < -0.4 is 10.2 Å². The number of likely N-dealkylation sites (N-methyl/N-ethyl adjacent to an activating group) is 1. The lowest BCUT2D eigenvalue weighted by Gasteiger charge is -2.23. The van der Waals surface area contributed by atoms with Crippen LogP contribution in [0.5, 0.6) is 0 Å². The van der Waals surface area contributed by atoms with Gasteiger partial charge in [0.05, 0.1) is 0 Å². The Morgan fingerprint density at radius 3 is 2.59 bits per heavy atom. The molecule has 6 nitrogen and oxygen atoms in total. The lowest BCUT2D eigenvalue weighted by molar-refractivity contribution is -0.121. The Morgan fingerprint density at radius 1 is 1.17 bits per heavy atom. The molecule has 0 atom stereocenters. The van der Waals surface area contributed by atoms with Crippen LogP contribution in [0.3, 0.4) is 0 Å². The van der Waals surface area contributed by atoms with Gasteiger partial charge in [-0.2, -0.15) is 5.10 Å². The second-order valence-electron chi connectivity index (χ2n) is 7.08. The van der Waals surface area contributed by atoms with Gasteiger partial charge < -0.3 is 10.2 Å². The molecule has 152 valence electrons. The van der Waals surface area contributed by atoms with Crippen LogP contribution >= 0.6 is 12.2 Å². The maximum Gasteiger partial charge on any atom is 0.240 e. The summed E-state index contributed by atoms with van der Waals surface area (Å²) < 4.78 is 2.17. The molecule has 2 N–H and O–H groups in total. The molecule has 0 aliphatic heterocycles. The normalized spacial score (nSPS) is 10.7. The van der Waals surface area contributed by atoms with Gasteiger partial charge in [-0.15, -0.1) is 0 Å². The number of carbonyl (C=O) groups excluding carboxylic acids is 1. The van der Waals surface area contributed by atoms with Gasteiger partial charge in [0.25, 0.3) is 0 Å². The number of anilines is 1. The first-order valence-corrected chi connectivity index (χ1v) is 10.2. The van der Waals surface area contributed by atoms with Crippen LogP contribution in [-0.4, -0.2) is 40.3 Å². The number of hydrogen-bond acceptors (Lipinski definition) is 4. The van der Waals surface area contributed by atoms with Crippen molar-refractivity contribution in [1.82, 2.24) is 20.1 Å². The molecule has 1 heterocycles. The maximum atomic E-state index is 12.5. The third-order valence-electron chi connectivity index (χ3n) is 4.79. The zero-order valence-electron chi connectivity index (χ0n) is 17.1. The standard InChI is InChI=1S/C22H27N5OS/c1-4-26(19-10-6-8-17(3)14-19)12-11-23-20(28)15-27-21(24-25-22(27)29)18-9-5-7-16(2)13-18/h5-10,13-14H,4,11-12,15H2,1-3H3,(H,23,28)(H,25,29). The second kappa shape index (κ2) is 9.52. The average Bonchev–Trinajstić information content (AvgIpc) is 3.05. The van der Waals surface area contributed by atoms with E-state index in [1.807, 2.05) is 31.2 Å². The van der Waals surface area contributed by atoms with E-state index in [1.54, 1.807) is 4.57 Å². The summed E-state index contributed by atoms with van der Waals surface area (Å²) in [5, 5.41) is 10.1. The van der Waals surface area contributed by atoms with Crippen LogP contribution in [0, 0.1) is 18.6 Å². The third kappa shape index (κ3) is 5.32. The molecule has 0 spiro atoms. The predicted molar refractivity (Wildman–Crippen MR) is 120 cm³/mol. The fourth-order valence-electron chi connectivity index (χ4n) is 3.29. The summed E-state index contributed by atoms with van der Waals surface area (Å²) in [6.45, 7) is 8.54. The number of rotatable bonds is 8. The lowest BCUT2D eigenvalue weighted by Crippen LogP contribution is -2.36. The number of nitrogens with zero attached hydrogens (tertiary/aromatic N) is 3. The first kappa shape index (κ1) is 20.8. The van der Waals surface area contributed by atoms with Gasteiger partial charge >= 0.3 is 0 Å². The summed E-state index contributed by atoms with van der Waals surface area (Å²) in [5.41, 5.74) is 4.45. The predicted octanol–water partition coefficient (Wildman–Crippen LogP) is 3.87. The molecule has 0 aliphatic carbocycles. The van der Waals surface area contributed by atoms with Gasteiger partial charge in [0.2, 0.25) is 5.91 Å². The number of hydrogen-bond donors (Lipinski definition) is 2. The van der Waals surface area contributed by atoms with E-state index in [4.69, 9.17) is 12.2 Å². The molecule has 1 aromatic heterocycles. The summed E-state index contributed by atoms with van der Waals surface area (Å²) in [7, 11) is 0. The molecular weight excluding hydrogens is 382 g/mol. The van der Waals surface area contributed by atoms with Crippen molar-refractivity contribution in [3.8, 4) is 11.4 Å². The number of aromatic nitrogens is 3. The topological polar surface area (TPSA) is 66.0 Å². The molecule has 0 radical (unpaired) electrons. The highest BCUT2D eigenvalue weighted by Crippen LogP contribution is 2.18. The van der Waals surface area contributed by atoms with E-state index in [9.17, 15) is 4.79 Å². The Hall–Kier alpha value is -2.93. The minimum Gasteiger partial charge on any atom is -0.370 e. The summed E-state index contributed by atoms with van der Waals surface area (Å²) in [6, 6.07) is 16.4. The largest absolute Gasteiger partial charge is 0.370 e. The SMILES string of the molecule is CCN(CCNC(=O)Cn1c(-c2cccc(C)c2)n[nH]c1=S)c1cccc(C)c1. The Bertz CT molecular complexity index is 1040. The van der Waals surface area contributed by atoms with E-state index in [-0.39, 0.29) is 12.5 Å². The van der Waals surface area contributed by atoms with Crippen LogP contribution in [0.4, 0.5) is 5.69 Å². The van der Waals surface area contributed by atoms with Crippen molar-refractivity contribution in [2.75, 3.05) is 24.5 Å². The van der Waals surface area contributed by atoms with Crippen molar-refractivity contribution in [1.29, 1.82) is 0 Å². The molecule has 0 saturated heterocycles. The molecule has 0 bridgehead atoms. The molecule has 0 aliphatic rings. The first-order valence-electron chi connectivity index (χ1n) is 9.78. The third-order valence-corrected chi connectivity index (χ3v) is 5.10. The van der Waals surface area contributed by atoms with Gasteiger partial charge in [-0.1, -0.05) is 35.9 Å². The highest BCUT2D eigenvalue weighted by atomic mass is 32.1. The Balaban J connectivity index is 1.62. The zero-order valence-corrected chi connectivity index (χ0v) is 17.9. The number of carbonyl (C=O) groups is 1. The molecule has 3 rings (SSSR count). The van der Waals surface area contributed by atoms with E-state index in [1.165, 1.54) is 11.3 Å². The molecule has 0 fully saturated rings. The highest BCUT2D eigenvalue weighted by Gasteiger charge is 2.13. The fraction of sp³-hybridized carbons (Fsp3) is 0.318. The van der Waals surface area contributed by atoms with Crippen molar-refractivity contribution < 1.29 is 4.79 Å². The van der Waals surface area contributed by atoms with E-state index < -0.39 is 0 Å². The van der Waals surface area contributed by atoms with Crippen LogP contribution in [0.15, 0.2) is 48.5 Å². The van der Waals surface area contributed by atoms with E-state index in [0.717, 1.165) is 24.2 Å². The van der Waals surface area contributed by atoms with Crippen molar-refractivity contribution >= 4 is 23.8 Å². The minimum atomic E-state index is -0.0864. The Labute approximate surface area is 176 Å². The molecule has 29 heavy (non-hydrogen) atoms. The van der Waals surface area contributed by atoms with E-state index in [2.05, 4.69) is 58.5 Å². The molecule has 0 saturated carbocycles. The Kier molecular flexibility index (Phi) is 6.82. The lowest BCUT2D eigenvalue weighted by atomic mass is 10.1. The van der Waals surface area contributed by atoms with Gasteiger partial charge in [-0.3, -0.25) is 14.5 Å². The van der Waals surface area contributed by atoms with Gasteiger partial charge in [-0.25, -0.2) is 0 Å². The average molecular weight is 410 g/mol. The van der Waals surface area contributed by atoms with Gasteiger partial charge in [0.15, 0.2) is 10.6 Å². The Morgan fingerprint density at radius 2 is 1.90 bits per heavy atom. The number of amides is 1. The molecular formula is C22H27N5OS. The second-order valence-corrected chi connectivity index (χ2v) is 7.46. The summed E-state index contributed by atoms with van der Waals surface area (Å²) in [4.78, 5) is 14.8. The summed E-state index contributed by atoms with van der Waals surface area (Å²) in [5.74, 6) is 0.584. The molecule has 1 amide bonds. The smallest absolute Gasteiger partial charge is 0.240 e. The van der Waals surface area contributed by atoms with Gasteiger partial charge in [0, 0.05) is 30.9 Å². The van der Waals surface area contributed by atoms with Crippen molar-refractivity contribution in [2.45, 2.75) is 27.3 Å². The summed E-state index contributed by atoms with van der Waals surface area (Å²) in [6.07, 6.45) is 0. The van der Waals surface area contributed by atoms with Crippen LogP contribution in [0.1, 0.15) is 18.1 Å². The number of aromatic amines is 1. The quantitative estimate of drug-likeness (QED) is 0.555. The first-order chi connectivity index (χ1) is 14.0. The van der Waals surface area contributed by atoms with Crippen molar-refractivity contribution in [2.24, 2.45) is 0 Å². The monoisotopic (exact) mass is 409 g/mol. The number of nitrogens with one attached hydrogen (secondary N) is 2. The number of H-pyrrole nitrogens is 1. The zero-order chi connectivity index (χ0) is 20.8. The van der Waals surface area contributed by atoms with Crippen LogP contribution in [-0.2, 0) is 11.3 Å². The van der Waals surface area contributed by atoms with Crippen molar-refractivity contribution in [3.05, 3.63) is 64.4 Å². The molecule has 0 unspecified atom stereocenters. The fourth-order valence-corrected chi connectivity index (χ4v) is 3.49. The van der Waals surface area contributed by atoms with Crippen LogP contribution in [0.2, 0.25) is 0 Å². The highest BCUT2D eigenvalue weighted by molar-refractivity contribution is 7.71. The molecule has 3 aromatic rings. The van der Waals surface area contributed by atoms with E-state index >= 15 is 0 Å². The number of benzene rings is 2. The van der Waals surface area contributed by atoms with E-state index in [0.29, 0.717) is 17.1 Å².